The van der Waals surface area contributed by atoms with Gasteiger partial charge in [-0.05, 0) is 29.8 Å². The van der Waals surface area contributed by atoms with Crippen molar-refractivity contribution in [3.05, 3.63) is 66.4 Å². The molecular weight excluding hydrogens is 444 g/mol. The van der Waals surface area contributed by atoms with Crippen LogP contribution in [-0.4, -0.2) is 52.1 Å². The Morgan fingerprint density at radius 2 is 2.03 bits per heavy atom. The lowest BCUT2D eigenvalue weighted by Gasteiger charge is -2.27. The van der Waals surface area contributed by atoms with Crippen molar-refractivity contribution in [2.75, 3.05) is 36.5 Å². The number of morpholine rings is 1. The average molecular weight is 465 g/mol. The van der Waals surface area contributed by atoms with Crippen LogP contribution in [0, 0.1) is 0 Å². The maximum absolute atomic E-state index is 12.8. The number of fused-ring (bicyclic) bond motifs is 1. The van der Waals surface area contributed by atoms with Gasteiger partial charge in [0, 0.05) is 36.9 Å². The van der Waals surface area contributed by atoms with E-state index in [1.165, 1.54) is 6.20 Å². The first kappa shape index (κ1) is 20.8. The van der Waals surface area contributed by atoms with Crippen LogP contribution in [0.2, 0.25) is 0 Å². The third-order valence-corrected chi connectivity index (χ3v) is 7.13. The first-order chi connectivity index (χ1) is 15.7. The van der Waals surface area contributed by atoms with E-state index >= 15 is 0 Å². The summed E-state index contributed by atoms with van der Waals surface area (Å²) in [7, 11) is 0. The van der Waals surface area contributed by atoms with Crippen molar-refractivity contribution in [2.24, 2.45) is 0 Å². The van der Waals surface area contributed by atoms with Gasteiger partial charge in [-0.3, -0.25) is 14.8 Å². The molecule has 8 nitrogen and oxygen atoms in total. The molecule has 0 spiro atoms. The minimum absolute atomic E-state index is 0.283. The number of carbonyl (C=O) groups is 1. The summed E-state index contributed by atoms with van der Waals surface area (Å²) in [4.78, 5) is 32.4. The molecule has 1 aliphatic heterocycles. The average Bonchev–Trinajstić information content (AvgIpc) is 3.26. The van der Waals surface area contributed by atoms with Crippen molar-refractivity contribution in [3.63, 3.8) is 0 Å². The largest absolute Gasteiger partial charge is 0.378 e. The van der Waals surface area contributed by atoms with Gasteiger partial charge in [0.15, 0.2) is 4.34 Å². The van der Waals surface area contributed by atoms with Crippen LogP contribution in [0.1, 0.15) is 16.1 Å². The van der Waals surface area contributed by atoms with E-state index in [-0.39, 0.29) is 11.6 Å². The van der Waals surface area contributed by atoms with Gasteiger partial charge in [0.05, 0.1) is 35.8 Å². The number of hydrogen-bond donors (Lipinski definition) is 1. The van der Waals surface area contributed by atoms with Gasteiger partial charge in [-0.2, -0.15) is 0 Å². The molecule has 0 bridgehead atoms. The third kappa shape index (κ3) is 4.87. The zero-order chi connectivity index (χ0) is 21.8. The lowest BCUT2D eigenvalue weighted by atomic mass is 10.3. The number of nitrogens with zero attached hydrogens (tertiary/aromatic N) is 5. The molecule has 1 saturated heterocycles. The summed E-state index contributed by atoms with van der Waals surface area (Å²) < 4.78 is 7.38. The van der Waals surface area contributed by atoms with E-state index < -0.39 is 0 Å². The van der Waals surface area contributed by atoms with Crippen molar-refractivity contribution in [2.45, 2.75) is 10.1 Å². The Labute approximate surface area is 193 Å². The predicted octanol–water partition coefficient (Wildman–Crippen LogP) is 3.86. The van der Waals surface area contributed by atoms with Crippen LogP contribution in [0.4, 0.5) is 11.5 Å². The van der Waals surface area contributed by atoms with Crippen molar-refractivity contribution >= 4 is 50.7 Å². The zero-order valence-corrected chi connectivity index (χ0v) is 18.7. The second-order valence-corrected chi connectivity index (χ2v) is 9.38. The third-order valence-electron chi connectivity index (χ3n) is 4.90. The highest BCUT2D eigenvalue weighted by atomic mass is 32.2. The van der Waals surface area contributed by atoms with E-state index in [9.17, 15) is 4.79 Å². The maximum atomic E-state index is 12.8. The Morgan fingerprint density at radius 3 is 2.88 bits per heavy atom. The fourth-order valence-electron chi connectivity index (χ4n) is 3.28. The van der Waals surface area contributed by atoms with E-state index in [0.717, 1.165) is 39.0 Å². The number of aromatic nitrogens is 4. The number of pyridine rings is 1. The van der Waals surface area contributed by atoms with Gasteiger partial charge in [-0.15, -0.1) is 11.3 Å². The molecule has 3 aromatic heterocycles. The van der Waals surface area contributed by atoms with E-state index in [1.807, 2.05) is 30.5 Å². The Balaban J connectivity index is 1.27. The van der Waals surface area contributed by atoms with Crippen molar-refractivity contribution in [3.8, 4) is 0 Å². The number of hydrogen-bond acceptors (Lipinski definition) is 9. The Hall–Kier alpha value is -3.08. The summed E-state index contributed by atoms with van der Waals surface area (Å²) in [5.41, 5.74) is 3.06. The Kier molecular flexibility index (Phi) is 6.24. The van der Waals surface area contributed by atoms with Gasteiger partial charge >= 0.3 is 0 Å². The topological polar surface area (TPSA) is 93.1 Å². The van der Waals surface area contributed by atoms with E-state index in [0.29, 0.717) is 24.7 Å². The van der Waals surface area contributed by atoms with Crippen molar-refractivity contribution in [1.29, 1.82) is 0 Å². The Morgan fingerprint density at radius 1 is 1.12 bits per heavy atom. The van der Waals surface area contributed by atoms with E-state index in [2.05, 4.69) is 36.2 Å². The molecular formula is C22H20N6O2S2. The monoisotopic (exact) mass is 464 g/mol. The highest BCUT2D eigenvalue weighted by molar-refractivity contribution is 8.00. The molecule has 32 heavy (non-hydrogen) atoms. The fourth-order valence-corrected chi connectivity index (χ4v) is 5.32. The first-order valence-corrected chi connectivity index (χ1v) is 11.9. The molecule has 1 fully saturated rings. The van der Waals surface area contributed by atoms with Crippen LogP contribution in [0.15, 0.2) is 59.5 Å². The molecule has 0 unspecified atom stereocenters. The second kappa shape index (κ2) is 9.60. The lowest BCUT2D eigenvalue weighted by Crippen LogP contribution is -2.37. The molecule has 1 amide bonds. The minimum atomic E-state index is -0.289. The molecule has 1 aromatic carbocycles. The number of benzene rings is 1. The summed E-state index contributed by atoms with van der Waals surface area (Å²) in [6.45, 7) is 2.77. The number of ether oxygens (including phenoxy) is 1. The van der Waals surface area contributed by atoms with Crippen molar-refractivity contribution < 1.29 is 9.53 Å². The van der Waals surface area contributed by atoms with Crippen LogP contribution in [-0.2, 0) is 10.5 Å². The van der Waals surface area contributed by atoms with Gasteiger partial charge in [0.2, 0.25) is 0 Å². The molecule has 162 valence electrons. The van der Waals surface area contributed by atoms with Crippen LogP contribution < -0.4 is 10.2 Å². The van der Waals surface area contributed by atoms with Crippen molar-refractivity contribution in [1.82, 2.24) is 19.9 Å². The number of rotatable bonds is 6. The maximum Gasteiger partial charge on any atom is 0.275 e. The van der Waals surface area contributed by atoms with Crippen LogP contribution in [0.5, 0.6) is 0 Å². The zero-order valence-electron chi connectivity index (χ0n) is 17.1. The number of amides is 1. The molecule has 10 heteroatoms. The number of thiazole rings is 1. The quantitative estimate of drug-likeness (QED) is 0.430. The molecule has 0 radical (unpaired) electrons. The SMILES string of the molecule is O=C(Nc1ccc2nc(SCc3cccnc3)sc2c1)c1cncc(N2CCOCC2)n1. The number of carbonyl (C=O) groups excluding carboxylic acids is 1. The fraction of sp³-hybridized carbons (Fsp3) is 0.227. The number of anilines is 2. The molecule has 0 aliphatic carbocycles. The minimum Gasteiger partial charge on any atom is -0.378 e. The first-order valence-electron chi connectivity index (χ1n) is 10.1. The second-order valence-electron chi connectivity index (χ2n) is 7.13. The van der Waals surface area contributed by atoms with Crippen LogP contribution in [0.3, 0.4) is 0 Å². The van der Waals surface area contributed by atoms with Gasteiger partial charge in [0.25, 0.3) is 5.91 Å². The van der Waals surface area contributed by atoms with Crippen LogP contribution >= 0.6 is 23.1 Å². The highest BCUT2D eigenvalue weighted by Gasteiger charge is 2.16. The van der Waals surface area contributed by atoms with Gasteiger partial charge in [-0.1, -0.05) is 17.8 Å². The summed E-state index contributed by atoms with van der Waals surface area (Å²) in [5.74, 6) is 1.21. The molecule has 1 N–H and O–H groups in total. The predicted molar refractivity (Wildman–Crippen MR) is 126 cm³/mol. The summed E-state index contributed by atoms with van der Waals surface area (Å²) in [6, 6.07) is 9.71. The molecule has 4 heterocycles. The van der Waals surface area contributed by atoms with E-state index in [1.54, 1.807) is 35.5 Å². The standard InChI is InChI=1S/C22H20N6O2S2/c29-21(18-12-24-13-20(26-18)28-6-8-30-9-7-28)25-16-3-4-17-19(10-16)32-22(27-17)31-14-15-2-1-5-23-11-15/h1-5,10-13H,6-9,14H2,(H,25,29). The molecule has 4 aromatic rings. The van der Waals surface area contributed by atoms with Gasteiger partial charge in [0.1, 0.15) is 11.5 Å². The summed E-state index contributed by atoms with van der Waals surface area (Å²) in [5, 5.41) is 2.93. The molecule has 0 atom stereocenters. The number of thioether (sulfide) groups is 1. The summed E-state index contributed by atoms with van der Waals surface area (Å²) >= 11 is 3.29. The van der Waals surface area contributed by atoms with E-state index in [4.69, 9.17) is 4.74 Å². The smallest absolute Gasteiger partial charge is 0.275 e. The lowest BCUT2D eigenvalue weighted by molar-refractivity contribution is 0.102. The van der Waals surface area contributed by atoms with Gasteiger partial charge < -0.3 is 15.0 Å². The summed E-state index contributed by atoms with van der Waals surface area (Å²) in [6.07, 6.45) is 6.80. The molecule has 0 saturated carbocycles. The number of nitrogens with one attached hydrogen (secondary N) is 1. The Bertz CT molecular complexity index is 1230. The molecule has 5 rings (SSSR count). The highest BCUT2D eigenvalue weighted by Crippen LogP contribution is 2.33. The van der Waals surface area contributed by atoms with Gasteiger partial charge in [-0.25, -0.2) is 9.97 Å². The molecule has 1 aliphatic rings. The normalized spacial score (nSPS) is 13.9. The van der Waals surface area contributed by atoms with Crippen LogP contribution in [0.25, 0.3) is 10.2 Å².